The van der Waals surface area contributed by atoms with Gasteiger partial charge in [-0.3, -0.25) is 0 Å². The Hall–Kier alpha value is -0.960. The molecule has 0 amide bonds. The van der Waals surface area contributed by atoms with E-state index in [9.17, 15) is 8.78 Å². The number of rotatable bonds is 8. The predicted molar refractivity (Wildman–Crippen MR) is 70.9 cm³/mol. The van der Waals surface area contributed by atoms with Crippen LogP contribution in [0.5, 0.6) is 0 Å². The molecule has 0 aromatic rings. The average molecular weight is 256 g/mol. The van der Waals surface area contributed by atoms with Gasteiger partial charge < -0.3 is 4.74 Å². The van der Waals surface area contributed by atoms with Gasteiger partial charge in [-0.15, -0.1) is 0 Å². The summed E-state index contributed by atoms with van der Waals surface area (Å²) in [6.45, 7) is 2.77. The fourth-order valence-electron chi connectivity index (χ4n) is 1.86. The summed E-state index contributed by atoms with van der Waals surface area (Å²) in [4.78, 5) is 0. The Bertz CT molecular complexity index is 316. The highest BCUT2D eigenvalue weighted by Crippen LogP contribution is 2.22. The van der Waals surface area contributed by atoms with Crippen molar-refractivity contribution >= 4 is 0 Å². The van der Waals surface area contributed by atoms with E-state index in [2.05, 4.69) is 18.2 Å². The van der Waals surface area contributed by atoms with Crippen molar-refractivity contribution in [2.45, 2.75) is 45.0 Å². The number of halogens is 2. The van der Waals surface area contributed by atoms with E-state index in [-0.39, 0.29) is 6.42 Å². The molecule has 0 spiro atoms. The molecule has 0 N–H and O–H groups in total. The third-order valence-corrected chi connectivity index (χ3v) is 2.80. The van der Waals surface area contributed by atoms with E-state index in [1.165, 1.54) is 11.6 Å². The summed E-state index contributed by atoms with van der Waals surface area (Å²) in [6.07, 6.45) is 12.0. The van der Waals surface area contributed by atoms with Gasteiger partial charge >= 0.3 is 0 Å². The molecule has 0 saturated heterocycles. The quantitative estimate of drug-likeness (QED) is 0.453. The van der Waals surface area contributed by atoms with Crippen molar-refractivity contribution in [3.63, 3.8) is 0 Å². The number of ether oxygens (including phenoxy) is 1. The topological polar surface area (TPSA) is 9.23 Å². The Morgan fingerprint density at radius 2 is 2.17 bits per heavy atom. The normalized spacial score (nSPS) is 16.3. The molecule has 0 saturated carbocycles. The van der Waals surface area contributed by atoms with Gasteiger partial charge in [0.05, 0.1) is 6.61 Å². The molecule has 18 heavy (non-hydrogen) atoms. The molecule has 0 fully saturated rings. The summed E-state index contributed by atoms with van der Waals surface area (Å²) in [5.74, 6) is -2.66. The van der Waals surface area contributed by atoms with E-state index in [0.717, 1.165) is 18.9 Å². The minimum Gasteiger partial charge on any atom is -0.377 e. The van der Waals surface area contributed by atoms with Gasteiger partial charge in [0.2, 0.25) is 0 Å². The number of alkyl halides is 2. The lowest BCUT2D eigenvalue weighted by Gasteiger charge is -2.11. The number of allylic oxidation sites excluding steroid dienone is 4. The highest BCUT2D eigenvalue weighted by Gasteiger charge is 2.23. The monoisotopic (exact) mass is 256 g/mol. The minimum atomic E-state index is -2.66. The Morgan fingerprint density at radius 1 is 1.33 bits per heavy atom. The van der Waals surface area contributed by atoms with E-state index in [1.54, 1.807) is 6.92 Å². The van der Waals surface area contributed by atoms with Gasteiger partial charge in [-0.1, -0.05) is 24.3 Å². The molecular formula is C15H22F2O. The van der Waals surface area contributed by atoms with Crippen molar-refractivity contribution in [2.75, 3.05) is 13.2 Å². The van der Waals surface area contributed by atoms with Crippen LogP contribution in [0, 0.1) is 0 Å². The summed E-state index contributed by atoms with van der Waals surface area (Å²) in [5, 5.41) is 0. The molecule has 1 nitrogen and oxygen atoms in total. The molecule has 1 aliphatic rings. The second kappa shape index (κ2) is 8.20. The standard InChI is InChI=1S/C15H22F2O/c1-2-10-15(16,17)11-6-7-12-18-13-14-8-4-3-5-9-14/h2,4,8-10H,3,5-7,11-13H2,1H3/b10-2-. The lowest BCUT2D eigenvalue weighted by molar-refractivity contribution is 0.0397. The van der Waals surface area contributed by atoms with Crippen LogP contribution in [0.1, 0.15) is 39.0 Å². The predicted octanol–water partition coefficient (Wildman–Crippen LogP) is 4.66. The van der Waals surface area contributed by atoms with E-state index in [1.807, 2.05) is 0 Å². The molecule has 0 aliphatic heterocycles. The van der Waals surface area contributed by atoms with Gasteiger partial charge in [0.1, 0.15) is 0 Å². The Labute approximate surface area is 108 Å². The van der Waals surface area contributed by atoms with Crippen LogP contribution in [0.15, 0.2) is 36.0 Å². The van der Waals surface area contributed by atoms with Crippen LogP contribution in [0.2, 0.25) is 0 Å². The largest absolute Gasteiger partial charge is 0.377 e. The smallest absolute Gasteiger partial charge is 0.266 e. The van der Waals surface area contributed by atoms with E-state index in [4.69, 9.17) is 4.74 Å². The maximum Gasteiger partial charge on any atom is 0.266 e. The Kier molecular flexibility index (Phi) is 6.88. The third-order valence-electron chi connectivity index (χ3n) is 2.80. The number of hydrogen-bond acceptors (Lipinski definition) is 1. The van der Waals surface area contributed by atoms with Crippen LogP contribution in [0.3, 0.4) is 0 Å². The van der Waals surface area contributed by atoms with Crippen LogP contribution in [-0.2, 0) is 4.74 Å². The molecule has 1 rings (SSSR count). The molecule has 0 heterocycles. The first-order valence-electron chi connectivity index (χ1n) is 6.59. The molecule has 0 aromatic heterocycles. The SMILES string of the molecule is C/C=C\C(F)(F)CCCCOCC1=CCCC=C1. The van der Waals surface area contributed by atoms with Gasteiger partial charge in [-0.05, 0) is 44.3 Å². The van der Waals surface area contributed by atoms with Crippen molar-refractivity contribution in [3.05, 3.63) is 36.0 Å². The van der Waals surface area contributed by atoms with E-state index < -0.39 is 5.92 Å². The van der Waals surface area contributed by atoms with Gasteiger partial charge in [0.15, 0.2) is 0 Å². The maximum absolute atomic E-state index is 13.1. The third kappa shape index (κ3) is 6.70. The summed E-state index contributed by atoms with van der Waals surface area (Å²) in [5.41, 5.74) is 1.19. The average Bonchev–Trinajstić information content (AvgIpc) is 2.35. The zero-order chi connectivity index (χ0) is 13.3. The van der Waals surface area contributed by atoms with Gasteiger partial charge in [-0.2, -0.15) is 0 Å². The van der Waals surface area contributed by atoms with Crippen molar-refractivity contribution < 1.29 is 13.5 Å². The van der Waals surface area contributed by atoms with Gasteiger partial charge in [0, 0.05) is 13.0 Å². The first-order chi connectivity index (χ1) is 8.64. The Morgan fingerprint density at radius 3 is 2.83 bits per heavy atom. The molecule has 102 valence electrons. The summed E-state index contributed by atoms with van der Waals surface area (Å²) < 4.78 is 31.6. The fourth-order valence-corrected chi connectivity index (χ4v) is 1.86. The molecule has 0 bridgehead atoms. The highest BCUT2D eigenvalue weighted by atomic mass is 19.3. The highest BCUT2D eigenvalue weighted by molar-refractivity contribution is 5.22. The summed E-state index contributed by atoms with van der Waals surface area (Å²) >= 11 is 0. The fraction of sp³-hybridized carbons (Fsp3) is 0.600. The zero-order valence-corrected chi connectivity index (χ0v) is 11.0. The lowest BCUT2D eigenvalue weighted by Crippen LogP contribution is -2.12. The molecule has 1 aliphatic carbocycles. The molecule has 0 aromatic carbocycles. The first-order valence-corrected chi connectivity index (χ1v) is 6.59. The van der Waals surface area contributed by atoms with Crippen LogP contribution in [-0.4, -0.2) is 19.1 Å². The molecular weight excluding hydrogens is 234 g/mol. The van der Waals surface area contributed by atoms with Crippen LogP contribution < -0.4 is 0 Å². The molecule has 0 atom stereocenters. The second-order valence-corrected chi connectivity index (χ2v) is 4.53. The zero-order valence-electron chi connectivity index (χ0n) is 11.0. The van der Waals surface area contributed by atoms with Crippen molar-refractivity contribution in [2.24, 2.45) is 0 Å². The minimum absolute atomic E-state index is 0.0939. The van der Waals surface area contributed by atoms with E-state index >= 15 is 0 Å². The summed E-state index contributed by atoms with van der Waals surface area (Å²) in [7, 11) is 0. The van der Waals surface area contributed by atoms with Crippen molar-refractivity contribution in [3.8, 4) is 0 Å². The Balaban J connectivity index is 2.02. The van der Waals surface area contributed by atoms with E-state index in [0.29, 0.717) is 26.1 Å². The number of hydrogen-bond donors (Lipinski definition) is 0. The van der Waals surface area contributed by atoms with Crippen molar-refractivity contribution in [1.82, 2.24) is 0 Å². The van der Waals surface area contributed by atoms with Crippen LogP contribution in [0.25, 0.3) is 0 Å². The molecule has 0 radical (unpaired) electrons. The summed E-state index contributed by atoms with van der Waals surface area (Å²) in [6, 6.07) is 0. The molecule has 0 unspecified atom stereocenters. The second-order valence-electron chi connectivity index (χ2n) is 4.53. The van der Waals surface area contributed by atoms with Crippen LogP contribution in [0.4, 0.5) is 8.78 Å². The van der Waals surface area contributed by atoms with Crippen LogP contribution >= 0.6 is 0 Å². The van der Waals surface area contributed by atoms with Gasteiger partial charge in [0.25, 0.3) is 5.92 Å². The maximum atomic E-state index is 13.1. The van der Waals surface area contributed by atoms with Gasteiger partial charge in [-0.25, -0.2) is 8.78 Å². The molecule has 3 heteroatoms. The first kappa shape index (κ1) is 15.1. The van der Waals surface area contributed by atoms with Crippen molar-refractivity contribution in [1.29, 1.82) is 0 Å². The number of unbranched alkanes of at least 4 members (excludes halogenated alkanes) is 1. The lowest BCUT2D eigenvalue weighted by atomic mass is 10.1.